The van der Waals surface area contributed by atoms with Crippen molar-refractivity contribution in [3.63, 3.8) is 0 Å². The van der Waals surface area contributed by atoms with E-state index in [1.165, 1.54) is 0 Å². The number of rotatable bonds is 3. The fraction of sp³-hybridized carbons (Fsp3) is 0.333. The predicted octanol–water partition coefficient (Wildman–Crippen LogP) is 2.96. The SMILES string of the molecule is N#CCc1c(CCl)cc(C(F)F)nc1F. The second kappa shape index (κ2) is 4.99. The van der Waals surface area contributed by atoms with Crippen LogP contribution in [0.1, 0.15) is 23.2 Å². The van der Waals surface area contributed by atoms with Crippen LogP contribution in [0.5, 0.6) is 0 Å². The fourth-order valence-corrected chi connectivity index (χ4v) is 1.35. The maximum atomic E-state index is 13.2. The van der Waals surface area contributed by atoms with Gasteiger partial charge in [0.25, 0.3) is 6.43 Å². The maximum Gasteiger partial charge on any atom is 0.280 e. The molecule has 1 rings (SSSR count). The van der Waals surface area contributed by atoms with Crippen molar-refractivity contribution >= 4 is 11.6 Å². The highest BCUT2D eigenvalue weighted by atomic mass is 35.5. The van der Waals surface area contributed by atoms with Gasteiger partial charge < -0.3 is 0 Å². The molecule has 80 valence electrons. The van der Waals surface area contributed by atoms with Crippen LogP contribution < -0.4 is 0 Å². The molecular weight excluding hydrogens is 229 g/mol. The van der Waals surface area contributed by atoms with E-state index in [4.69, 9.17) is 16.9 Å². The highest BCUT2D eigenvalue weighted by Crippen LogP contribution is 2.22. The van der Waals surface area contributed by atoms with Gasteiger partial charge in [0, 0.05) is 11.4 Å². The predicted molar refractivity (Wildman–Crippen MR) is 48.0 cm³/mol. The zero-order valence-corrected chi connectivity index (χ0v) is 8.23. The molecule has 0 fully saturated rings. The van der Waals surface area contributed by atoms with Crippen molar-refractivity contribution < 1.29 is 13.2 Å². The first-order chi connectivity index (χ1) is 7.10. The smallest absolute Gasteiger partial charge is 0.218 e. The largest absolute Gasteiger partial charge is 0.280 e. The number of alkyl halides is 3. The van der Waals surface area contributed by atoms with Crippen molar-refractivity contribution in [3.05, 3.63) is 28.8 Å². The molecule has 1 aromatic rings. The minimum absolute atomic E-state index is 0.0168. The lowest BCUT2D eigenvalue weighted by atomic mass is 10.1. The number of hydrogen-bond acceptors (Lipinski definition) is 2. The van der Waals surface area contributed by atoms with Crippen LogP contribution in [0.4, 0.5) is 13.2 Å². The Hall–Kier alpha value is -1.28. The summed E-state index contributed by atoms with van der Waals surface area (Å²) in [6.07, 6.45) is -3.08. The average Bonchev–Trinajstić information content (AvgIpc) is 2.20. The first kappa shape index (κ1) is 11.8. The summed E-state index contributed by atoms with van der Waals surface area (Å²) in [5, 5.41) is 8.41. The number of hydrogen-bond donors (Lipinski definition) is 0. The molecule has 0 N–H and O–H groups in total. The number of pyridine rings is 1. The highest BCUT2D eigenvalue weighted by Gasteiger charge is 2.16. The Bertz CT molecular complexity index is 401. The molecule has 0 amide bonds. The monoisotopic (exact) mass is 234 g/mol. The van der Waals surface area contributed by atoms with Crippen LogP contribution in [0.15, 0.2) is 6.07 Å². The minimum atomic E-state index is -2.85. The molecule has 1 aromatic heterocycles. The lowest BCUT2D eigenvalue weighted by Gasteiger charge is -2.07. The Kier molecular flexibility index (Phi) is 3.92. The number of halogens is 4. The number of nitrogens with zero attached hydrogens (tertiary/aromatic N) is 2. The summed E-state index contributed by atoms with van der Waals surface area (Å²) in [7, 11) is 0. The zero-order chi connectivity index (χ0) is 11.4. The van der Waals surface area contributed by atoms with Crippen molar-refractivity contribution in [2.75, 3.05) is 0 Å². The van der Waals surface area contributed by atoms with Crippen LogP contribution in [0.25, 0.3) is 0 Å². The second-order valence-electron chi connectivity index (χ2n) is 2.74. The van der Waals surface area contributed by atoms with Gasteiger partial charge in [-0.2, -0.15) is 9.65 Å². The molecule has 0 atom stereocenters. The molecule has 0 aliphatic rings. The molecule has 0 aliphatic carbocycles. The first-order valence-electron chi connectivity index (χ1n) is 3.99. The van der Waals surface area contributed by atoms with Crippen LogP contribution in [0.2, 0.25) is 0 Å². The summed E-state index contributed by atoms with van der Waals surface area (Å²) in [4.78, 5) is 3.07. The van der Waals surface area contributed by atoms with E-state index in [1.54, 1.807) is 6.07 Å². The van der Waals surface area contributed by atoms with E-state index in [2.05, 4.69) is 4.98 Å². The molecule has 0 saturated carbocycles. The van der Waals surface area contributed by atoms with Gasteiger partial charge in [-0.3, -0.25) is 0 Å². The van der Waals surface area contributed by atoms with Crippen LogP contribution in [-0.2, 0) is 12.3 Å². The van der Waals surface area contributed by atoms with Crippen molar-refractivity contribution in [2.45, 2.75) is 18.7 Å². The van der Waals surface area contributed by atoms with Gasteiger partial charge >= 0.3 is 0 Å². The van der Waals surface area contributed by atoms with Crippen LogP contribution in [0.3, 0.4) is 0 Å². The van der Waals surface area contributed by atoms with Gasteiger partial charge in [0.1, 0.15) is 5.69 Å². The molecule has 0 bridgehead atoms. The maximum absolute atomic E-state index is 13.2. The van der Waals surface area contributed by atoms with Gasteiger partial charge in [-0.05, 0) is 11.6 Å². The molecule has 0 saturated heterocycles. The Morgan fingerprint density at radius 3 is 2.67 bits per heavy atom. The van der Waals surface area contributed by atoms with E-state index in [1.807, 2.05) is 0 Å². The van der Waals surface area contributed by atoms with Gasteiger partial charge in [-0.15, -0.1) is 11.6 Å². The Balaban J connectivity index is 3.25. The summed E-state index contributed by atoms with van der Waals surface area (Å²) < 4.78 is 37.7. The van der Waals surface area contributed by atoms with Gasteiger partial charge in [-0.25, -0.2) is 13.8 Å². The third-order valence-corrected chi connectivity index (χ3v) is 2.10. The molecule has 0 radical (unpaired) electrons. The number of nitriles is 1. The fourth-order valence-electron chi connectivity index (χ4n) is 1.11. The van der Waals surface area contributed by atoms with Crippen molar-refractivity contribution in [1.29, 1.82) is 5.26 Å². The van der Waals surface area contributed by atoms with E-state index in [0.29, 0.717) is 0 Å². The van der Waals surface area contributed by atoms with Gasteiger partial charge in [0.05, 0.1) is 12.5 Å². The second-order valence-corrected chi connectivity index (χ2v) is 3.01. The quantitative estimate of drug-likeness (QED) is 0.596. The molecule has 1 heterocycles. The standard InChI is InChI=1S/C9H6ClF3N2/c10-4-5-3-7(8(11)12)15-9(13)6(5)1-2-14/h3,8H,1,4H2. The molecule has 0 aromatic carbocycles. The normalized spacial score (nSPS) is 10.4. The third-order valence-electron chi connectivity index (χ3n) is 1.81. The third kappa shape index (κ3) is 2.60. The van der Waals surface area contributed by atoms with Crippen molar-refractivity contribution in [1.82, 2.24) is 4.98 Å². The Morgan fingerprint density at radius 2 is 2.20 bits per heavy atom. The Morgan fingerprint density at radius 1 is 1.53 bits per heavy atom. The zero-order valence-electron chi connectivity index (χ0n) is 7.48. The van der Waals surface area contributed by atoms with Crippen LogP contribution >= 0.6 is 11.6 Å². The average molecular weight is 235 g/mol. The highest BCUT2D eigenvalue weighted by molar-refractivity contribution is 6.17. The first-order valence-corrected chi connectivity index (χ1v) is 4.52. The molecule has 0 spiro atoms. The summed E-state index contributed by atoms with van der Waals surface area (Å²) in [5.74, 6) is -1.18. The molecule has 0 unspecified atom stereocenters. The van der Waals surface area contributed by atoms with Gasteiger partial charge in [0.15, 0.2) is 0 Å². The van der Waals surface area contributed by atoms with E-state index < -0.39 is 18.1 Å². The van der Waals surface area contributed by atoms with E-state index in [0.717, 1.165) is 6.07 Å². The lowest BCUT2D eigenvalue weighted by Crippen LogP contribution is -2.03. The van der Waals surface area contributed by atoms with E-state index in [9.17, 15) is 13.2 Å². The van der Waals surface area contributed by atoms with Crippen LogP contribution in [0, 0.1) is 17.3 Å². The lowest BCUT2D eigenvalue weighted by molar-refractivity contribution is 0.144. The van der Waals surface area contributed by atoms with Gasteiger partial charge in [0.2, 0.25) is 5.95 Å². The summed E-state index contributed by atoms with van der Waals surface area (Å²) >= 11 is 5.47. The molecular formula is C9H6ClF3N2. The summed E-state index contributed by atoms with van der Waals surface area (Å²) in [6.45, 7) is 0. The molecule has 2 nitrogen and oxygen atoms in total. The van der Waals surface area contributed by atoms with Crippen molar-refractivity contribution in [2.24, 2.45) is 0 Å². The topological polar surface area (TPSA) is 36.7 Å². The Labute approximate surface area is 89.3 Å². The molecule has 6 heteroatoms. The summed E-state index contributed by atoms with van der Waals surface area (Å²) in [5.41, 5.74) is -0.497. The van der Waals surface area contributed by atoms with Crippen molar-refractivity contribution in [3.8, 4) is 6.07 Å². The molecule has 0 aliphatic heterocycles. The van der Waals surface area contributed by atoms with Gasteiger partial charge in [-0.1, -0.05) is 0 Å². The van der Waals surface area contributed by atoms with Crippen LogP contribution in [-0.4, -0.2) is 4.98 Å². The molecule has 15 heavy (non-hydrogen) atoms. The number of aromatic nitrogens is 1. The van der Waals surface area contributed by atoms with E-state index in [-0.39, 0.29) is 23.4 Å². The minimum Gasteiger partial charge on any atom is -0.218 e. The van der Waals surface area contributed by atoms with E-state index >= 15 is 0 Å². The summed E-state index contributed by atoms with van der Waals surface area (Å²) in [6, 6.07) is 2.74.